The number of rotatable bonds is 5. The van der Waals surface area contributed by atoms with E-state index in [4.69, 9.17) is 0 Å². The van der Waals surface area contributed by atoms with Crippen molar-refractivity contribution in [1.82, 2.24) is 9.88 Å². The zero-order valence-corrected chi connectivity index (χ0v) is 12.7. The molecule has 0 amide bonds. The number of nitrogens with zero attached hydrogens (tertiary/aromatic N) is 2. The minimum absolute atomic E-state index is 1.01. The molecule has 1 aromatic heterocycles. The second kappa shape index (κ2) is 7.10. The molecule has 0 bridgehead atoms. The van der Waals surface area contributed by atoms with Gasteiger partial charge in [0.2, 0.25) is 0 Å². The van der Waals surface area contributed by atoms with Crippen LogP contribution in [0.3, 0.4) is 0 Å². The molecule has 1 saturated heterocycles. The molecule has 1 aliphatic heterocycles. The largest absolute Gasteiger partial charge is 0.370 e. The predicted octanol–water partition coefficient (Wildman–Crippen LogP) is 3.44. The number of hydrogen-bond donors (Lipinski definition) is 1. The van der Waals surface area contributed by atoms with E-state index in [0.29, 0.717) is 0 Å². The predicted molar refractivity (Wildman–Crippen MR) is 80.1 cm³/mol. The van der Waals surface area contributed by atoms with Crippen LogP contribution in [-0.2, 0) is 0 Å². The summed E-state index contributed by atoms with van der Waals surface area (Å²) < 4.78 is 1.04. The van der Waals surface area contributed by atoms with Gasteiger partial charge in [0.15, 0.2) is 0 Å². The van der Waals surface area contributed by atoms with Crippen molar-refractivity contribution >= 4 is 21.7 Å². The summed E-state index contributed by atoms with van der Waals surface area (Å²) >= 11 is 3.43. The third-order valence-electron chi connectivity index (χ3n) is 3.44. The average molecular weight is 312 g/mol. The highest BCUT2D eigenvalue weighted by Gasteiger charge is 2.09. The molecule has 3 nitrogen and oxygen atoms in total. The van der Waals surface area contributed by atoms with Crippen molar-refractivity contribution in [3.05, 3.63) is 22.3 Å². The van der Waals surface area contributed by atoms with Gasteiger partial charge in [-0.25, -0.2) is 4.98 Å². The smallest absolute Gasteiger partial charge is 0.128 e. The molecule has 18 heavy (non-hydrogen) atoms. The standard InChI is InChI=1S/C14H22BrN3/c1-12-10-13(15)11-17-14(12)16-6-5-9-18-7-3-2-4-8-18/h10-11H,2-9H2,1H3,(H,16,17). The molecule has 0 aromatic carbocycles. The van der Waals surface area contributed by atoms with Crippen LogP contribution in [0.15, 0.2) is 16.7 Å². The zero-order valence-electron chi connectivity index (χ0n) is 11.1. The molecule has 2 rings (SSSR count). The number of likely N-dealkylation sites (tertiary alicyclic amines) is 1. The molecule has 4 heteroatoms. The van der Waals surface area contributed by atoms with Gasteiger partial charge in [-0.1, -0.05) is 6.42 Å². The number of piperidine rings is 1. The maximum atomic E-state index is 4.39. The first-order chi connectivity index (χ1) is 8.75. The second-order valence-corrected chi connectivity index (χ2v) is 5.92. The van der Waals surface area contributed by atoms with Gasteiger partial charge in [0, 0.05) is 17.2 Å². The zero-order chi connectivity index (χ0) is 12.8. The summed E-state index contributed by atoms with van der Waals surface area (Å²) in [6.45, 7) is 6.88. The molecule has 100 valence electrons. The van der Waals surface area contributed by atoms with E-state index in [1.54, 1.807) is 0 Å². The van der Waals surface area contributed by atoms with Crippen molar-refractivity contribution in [2.45, 2.75) is 32.6 Å². The van der Waals surface area contributed by atoms with Crippen molar-refractivity contribution < 1.29 is 0 Å². The first-order valence-electron chi connectivity index (χ1n) is 6.84. The molecule has 0 spiro atoms. The van der Waals surface area contributed by atoms with Crippen LogP contribution in [0.4, 0.5) is 5.82 Å². The van der Waals surface area contributed by atoms with Crippen LogP contribution in [-0.4, -0.2) is 36.1 Å². The van der Waals surface area contributed by atoms with Gasteiger partial charge >= 0.3 is 0 Å². The normalized spacial score (nSPS) is 16.8. The van der Waals surface area contributed by atoms with E-state index in [0.717, 1.165) is 16.8 Å². The van der Waals surface area contributed by atoms with Crippen molar-refractivity contribution in [2.75, 3.05) is 31.5 Å². The Labute approximate surface area is 118 Å². The summed E-state index contributed by atoms with van der Waals surface area (Å²) in [5.74, 6) is 1.01. The molecule has 1 fully saturated rings. The van der Waals surface area contributed by atoms with Crippen LogP contribution in [0, 0.1) is 6.92 Å². The first kappa shape index (κ1) is 13.8. The van der Waals surface area contributed by atoms with Crippen molar-refractivity contribution in [1.29, 1.82) is 0 Å². The Bertz CT molecular complexity index is 375. The van der Waals surface area contributed by atoms with Gasteiger partial charge in [-0.2, -0.15) is 0 Å². The summed E-state index contributed by atoms with van der Waals surface area (Å²) in [5, 5.41) is 3.42. The number of hydrogen-bond acceptors (Lipinski definition) is 3. The van der Waals surface area contributed by atoms with Crippen LogP contribution in [0.5, 0.6) is 0 Å². The number of aromatic nitrogens is 1. The van der Waals surface area contributed by atoms with E-state index in [1.165, 1.54) is 50.9 Å². The lowest BCUT2D eigenvalue weighted by atomic mass is 10.1. The summed E-state index contributed by atoms with van der Waals surface area (Å²) in [6, 6.07) is 2.10. The van der Waals surface area contributed by atoms with Gasteiger partial charge in [-0.05, 0) is 73.4 Å². The van der Waals surface area contributed by atoms with E-state index in [1.807, 2.05) is 6.20 Å². The number of aryl methyl sites for hydroxylation is 1. The van der Waals surface area contributed by atoms with Gasteiger partial charge in [-0.15, -0.1) is 0 Å². The maximum Gasteiger partial charge on any atom is 0.128 e. The molecular weight excluding hydrogens is 290 g/mol. The highest BCUT2D eigenvalue weighted by atomic mass is 79.9. The maximum absolute atomic E-state index is 4.39. The van der Waals surface area contributed by atoms with E-state index < -0.39 is 0 Å². The Balaban J connectivity index is 1.68. The van der Waals surface area contributed by atoms with E-state index >= 15 is 0 Å². The van der Waals surface area contributed by atoms with E-state index in [2.05, 4.69) is 44.1 Å². The van der Waals surface area contributed by atoms with Gasteiger partial charge in [-0.3, -0.25) is 0 Å². The Kier molecular flexibility index (Phi) is 5.45. The Morgan fingerprint density at radius 3 is 2.83 bits per heavy atom. The number of pyridine rings is 1. The van der Waals surface area contributed by atoms with Gasteiger partial charge < -0.3 is 10.2 Å². The monoisotopic (exact) mass is 311 g/mol. The Morgan fingerprint density at radius 1 is 1.33 bits per heavy atom. The third kappa shape index (κ3) is 4.25. The van der Waals surface area contributed by atoms with Gasteiger partial charge in [0.25, 0.3) is 0 Å². The Hall–Kier alpha value is -0.610. The van der Waals surface area contributed by atoms with E-state index in [-0.39, 0.29) is 0 Å². The third-order valence-corrected chi connectivity index (χ3v) is 3.87. The van der Waals surface area contributed by atoms with E-state index in [9.17, 15) is 0 Å². The average Bonchev–Trinajstić information content (AvgIpc) is 2.38. The molecule has 0 aliphatic carbocycles. The highest BCUT2D eigenvalue weighted by molar-refractivity contribution is 9.10. The molecule has 1 aromatic rings. The van der Waals surface area contributed by atoms with Crippen LogP contribution in [0.2, 0.25) is 0 Å². The summed E-state index contributed by atoms with van der Waals surface area (Å²) in [6.07, 6.45) is 7.20. The fraction of sp³-hybridized carbons (Fsp3) is 0.643. The summed E-state index contributed by atoms with van der Waals surface area (Å²) in [7, 11) is 0. The fourth-order valence-electron chi connectivity index (χ4n) is 2.42. The van der Waals surface area contributed by atoms with Crippen LogP contribution >= 0.6 is 15.9 Å². The molecule has 2 heterocycles. The molecule has 0 atom stereocenters. The quantitative estimate of drug-likeness (QED) is 0.844. The van der Waals surface area contributed by atoms with Crippen LogP contribution < -0.4 is 5.32 Å². The second-order valence-electron chi connectivity index (χ2n) is 5.00. The minimum atomic E-state index is 1.01. The molecular formula is C14H22BrN3. The van der Waals surface area contributed by atoms with Gasteiger partial charge in [0.1, 0.15) is 5.82 Å². The topological polar surface area (TPSA) is 28.2 Å². The van der Waals surface area contributed by atoms with Crippen molar-refractivity contribution in [3.8, 4) is 0 Å². The Morgan fingerprint density at radius 2 is 2.11 bits per heavy atom. The number of nitrogens with one attached hydrogen (secondary N) is 1. The summed E-state index contributed by atoms with van der Waals surface area (Å²) in [4.78, 5) is 6.97. The molecule has 1 N–H and O–H groups in total. The lowest BCUT2D eigenvalue weighted by Gasteiger charge is -2.26. The molecule has 0 saturated carbocycles. The van der Waals surface area contributed by atoms with Crippen molar-refractivity contribution in [2.24, 2.45) is 0 Å². The fourth-order valence-corrected chi connectivity index (χ4v) is 2.86. The summed E-state index contributed by atoms with van der Waals surface area (Å²) in [5.41, 5.74) is 1.20. The molecule has 0 unspecified atom stereocenters. The number of halogens is 1. The van der Waals surface area contributed by atoms with Crippen LogP contribution in [0.1, 0.15) is 31.2 Å². The lowest BCUT2D eigenvalue weighted by Crippen LogP contribution is -2.31. The molecule has 1 aliphatic rings. The van der Waals surface area contributed by atoms with Crippen molar-refractivity contribution in [3.63, 3.8) is 0 Å². The van der Waals surface area contributed by atoms with Crippen LogP contribution in [0.25, 0.3) is 0 Å². The highest BCUT2D eigenvalue weighted by Crippen LogP contribution is 2.16. The molecule has 0 radical (unpaired) electrons. The minimum Gasteiger partial charge on any atom is -0.370 e. The van der Waals surface area contributed by atoms with Gasteiger partial charge in [0.05, 0.1) is 0 Å². The SMILES string of the molecule is Cc1cc(Br)cnc1NCCCN1CCCCC1. The first-order valence-corrected chi connectivity index (χ1v) is 7.63. The number of anilines is 1. The lowest BCUT2D eigenvalue weighted by molar-refractivity contribution is 0.228.